The van der Waals surface area contributed by atoms with Crippen molar-refractivity contribution < 1.29 is 18.0 Å². The zero-order chi connectivity index (χ0) is 12.3. The van der Waals surface area contributed by atoms with Gasteiger partial charge in [-0.1, -0.05) is 28.1 Å². The number of carbonyl (C=O) groups is 1. The third-order valence-corrected chi connectivity index (χ3v) is 2.78. The van der Waals surface area contributed by atoms with Crippen molar-refractivity contribution in [2.45, 2.75) is 17.4 Å². The molecule has 0 radical (unpaired) electrons. The Kier molecular flexibility index (Phi) is 3.96. The number of alkyl halides is 4. The van der Waals surface area contributed by atoms with Gasteiger partial charge in [-0.2, -0.15) is 13.2 Å². The summed E-state index contributed by atoms with van der Waals surface area (Å²) >= 11 is 3.04. The zero-order valence-corrected chi connectivity index (χ0v) is 9.68. The first-order valence-electron chi connectivity index (χ1n) is 4.40. The van der Waals surface area contributed by atoms with Crippen molar-refractivity contribution in [2.75, 3.05) is 0 Å². The van der Waals surface area contributed by atoms with Crippen LogP contribution >= 0.6 is 15.9 Å². The summed E-state index contributed by atoms with van der Waals surface area (Å²) in [6.07, 6.45) is -4.07. The Balaban J connectivity index is 2.76. The van der Waals surface area contributed by atoms with E-state index in [0.717, 1.165) is 12.1 Å². The van der Waals surface area contributed by atoms with Gasteiger partial charge in [-0.05, 0) is 24.1 Å². The number of halogens is 4. The van der Waals surface area contributed by atoms with Gasteiger partial charge in [0.1, 0.15) is 0 Å². The van der Waals surface area contributed by atoms with Crippen LogP contribution in [0.3, 0.4) is 0 Å². The summed E-state index contributed by atoms with van der Waals surface area (Å²) in [5.74, 6) is -0.542. The monoisotopic (exact) mass is 295 g/mol. The number of nitrogens with two attached hydrogens (primary N) is 1. The van der Waals surface area contributed by atoms with E-state index in [2.05, 4.69) is 15.9 Å². The minimum absolute atomic E-state index is 0.271. The number of rotatable bonds is 3. The molecule has 0 aliphatic carbocycles. The second-order valence-corrected chi connectivity index (χ2v) is 4.37. The molecule has 0 aliphatic heterocycles. The molecular weight excluding hydrogens is 287 g/mol. The molecule has 1 rings (SSSR count). The van der Waals surface area contributed by atoms with Crippen LogP contribution in [-0.2, 0) is 17.4 Å². The van der Waals surface area contributed by atoms with E-state index in [1.165, 1.54) is 12.1 Å². The molecule has 16 heavy (non-hydrogen) atoms. The summed E-state index contributed by atoms with van der Waals surface area (Å²) in [5.41, 5.74) is 4.93. The molecule has 0 heterocycles. The van der Waals surface area contributed by atoms with Gasteiger partial charge in [0.2, 0.25) is 5.91 Å². The molecule has 1 aromatic carbocycles. The minimum Gasteiger partial charge on any atom is -0.369 e. The maximum Gasteiger partial charge on any atom is 0.416 e. The van der Waals surface area contributed by atoms with Crippen molar-refractivity contribution >= 4 is 21.8 Å². The average molecular weight is 296 g/mol. The summed E-state index contributed by atoms with van der Waals surface area (Å²) < 4.78 is 36.7. The van der Waals surface area contributed by atoms with Gasteiger partial charge in [0.05, 0.1) is 10.4 Å². The van der Waals surface area contributed by atoms with Crippen LogP contribution in [0.2, 0.25) is 0 Å². The molecule has 0 spiro atoms. The molecule has 2 nitrogen and oxygen atoms in total. The summed E-state index contributed by atoms with van der Waals surface area (Å²) in [5, 5.41) is 0. The predicted octanol–water partition coefficient (Wildman–Crippen LogP) is 2.50. The van der Waals surface area contributed by atoms with Crippen LogP contribution in [0.4, 0.5) is 13.2 Å². The zero-order valence-electron chi connectivity index (χ0n) is 8.09. The van der Waals surface area contributed by atoms with Crippen molar-refractivity contribution in [3.8, 4) is 0 Å². The Morgan fingerprint density at radius 2 is 1.81 bits per heavy atom. The van der Waals surface area contributed by atoms with E-state index < -0.39 is 22.5 Å². The second-order valence-electron chi connectivity index (χ2n) is 3.27. The largest absolute Gasteiger partial charge is 0.416 e. The Hall–Kier alpha value is -1.04. The third kappa shape index (κ3) is 3.52. The summed E-state index contributed by atoms with van der Waals surface area (Å²) in [4.78, 5) is 10.2. The Bertz CT molecular complexity index is 375. The maximum absolute atomic E-state index is 12.2. The number of benzene rings is 1. The fourth-order valence-electron chi connectivity index (χ4n) is 1.14. The molecular formula is C10H9BrF3NO. The van der Waals surface area contributed by atoms with E-state index in [0.29, 0.717) is 5.56 Å². The number of amides is 1. The first-order chi connectivity index (χ1) is 7.30. The van der Waals surface area contributed by atoms with Crippen LogP contribution < -0.4 is 5.73 Å². The van der Waals surface area contributed by atoms with Gasteiger partial charge in [0, 0.05) is 0 Å². The molecule has 0 aliphatic rings. The first kappa shape index (κ1) is 13.0. The third-order valence-electron chi connectivity index (χ3n) is 2.00. The van der Waals surface area contributed by atoms with Gasteiger partial charge in [-0.15, -0.1) is 0 Å². The highest BCUT2D eigenvalue weighted by Crippen LogP contribution is 2.29. The quantitative estimate of drug-likeness (QED) is 0.856. The highest BCUT2D eigenvalue weighted by Gasteiger charge is 2.30. The van der Waals surface area contributed by atoms with E-state index in [-0.39, 0.29) is 6.42 Å². The highest BCUT2D eigenvalue weighted by atomic mass is 79.9. The van der Waals surface area contributed by atoms with Gasteiger partial charge in [0.25, 0.3) is 0 Å². The fraction of sp³-hybridized carbons (Fsp3) is 0.300. The molecule has 0 bridgehead atoms. The average Bonchev–Trinajstić information content (AvgIpc) is 2.17. The summed E-state index contributed by atoms with van der Waals surface area (Å²) in [6, 6.07) is 4.63. The van der Waals surface area contributed by atoms with Crippen LogP contribution in [0, 0.1) is 0 Å². The lowest BCUT2D eigenvalue weighted by Crippen LogP contribution is -2.24. The van der Waals surface area contributed by atoms with E-state index in [1.54, 1.807) is 0 Å². The lowest BCUT2D eigenvalue weighted by molar-refractivity contribution is -0.137. The van der Waals surface area contributed by atoms with Gasteiger partial charge < -0.3 is 5.73 Å². The lowest BCUT2D eigenvalue weighted by Gasteiger charge is -2.09. The molecule has 0 fully saturated rings. The predicted molar refractivity (Wildman–Crippen MR) is 57.1 cm³/mol. The number of primary amides is 1. The van der Waals surface area contributed by atoms with Crippen molar-refractivity contribution in [1.29, 1.82) is 0 Å². The molecule has 0 saturated heterocycles. The molecule has 2 N–H and O–H groups in total. The Morgan fingerprint density at radius 3 is 2.19 bits per heavy atom. The standard InChI is InChI=1S/C10H9BrF3NO/c11-8(9(15)16)5-6-1-3-7(4-2-6)10(12,13)14/h1-4,8H,5H2,(H2,15,16). The smallest absolute Gasteiger partial charge is 0.369 e. The normalized spacial score (nSPS) is 13.5. The number of hydrogen-bond donors (Lipinski definition) is 1. The van der Waals surface area contributed by atoms with E-state index >= 15 is 0 Å². The summed E-state index contributed by atoms with van der Waals surface area (Å²) in [7, 11) is 0. The van der Waals surface area contributed by atoms with Gasteiger partial charge in [-0.3, -0.25) is 4.79 Å². The molecule has 6 heteroatoms. The molecule has 1 aromatic rings. The van der Waals surface area contributed by atoms with Crippen molar-refractivity contribution in [3.63, 3.8) is 0 Å². The van der Waals surface area contributed by atoms with E-state index in [1.807, 2.05) is 0 Å². The first-order valence-corrected chi connectivity index (χ1v) is 5.32. The number of hydrogen-bond acceptors (Lipinski definition) is 1. The lowest BCUT2D eigenvalue weighted by atomic mass is 10.1. The van der Waals surface area contributed by atoms with Crippen molar-refractivity contribution in [2.24, 2.45) is 5.73 Å². The van der Waals surface area contributed by atoms with Crippen LogP contribution in [0.25, 0.3) is 0 Å². The van der Waals surface area contributed by atoms with Crippen LogP contribution in [0.15, 0.2) is 24.3 Å². The van der Waals surface area contributed by atoms with Crippen LogP contribution in [-0.4, -0.2) is 10.7 Å². The Morgan fingerprint density at radius 1 is 1.31 bits per heavy atom. The molecule has 1 amide bonds. The summed E-state index contributed by atoms with van der Waals surface area (Å²) in [6.45, 7) is 0. The van der Waals surface area contributed by atoms with E-state index in [9.17, 15) is 18.0 Å². The van der Waals surface area contributed by atoms with Gasteiger partial charge in [-0.25, -0.2) is 0 Å². The van der Waals surface area contributed by atoms with Crippen LogP contribution in [0.1, 0.15) is 11.1 Å². The topological polar surface area (TPSA) is 43.1 Å². The highest BCUT2D eigenvalue weighted by molar-refractivity contribution is 9.10. The molecule has 0 saturated carbocycles. The second kappa shape index (κ2) is 4.86. The van der Waals surface area contributed by atoms with E-state index in [4.69, 9.17) is 5.73 Å². The van der Waals surface area contributed by atoms with Gasteiger partial charge in [0.15, 0.2) is 0 Å². The Labute approximate surface area is 98.8 Å². The SMILES string of the molecule is NC(=O)C(Br)Cc1ccc(C(F)(F)F)cc1. The van der Waals surface area contributed by atoms with Crippen molar-refractivity contribution in [1.82, 2.24) is 0 Å². The van der Waals surface area contributed by atoms with Crippen molar-refractivity contribution in [3.05, 3.63) is 35.4 Å². The molecule has 1 unspecified atom stereocenters. The van der Waals surface area contributed by atoms with Gasteiger partial charge >= 0.3 is 6.18 Å². The number of carbonyl (C=O) groups excluding carboxylic acids is 1. The maximum atomic E-state index is 12.2. The fourth-order valence-corrected chi connectivity index (χ4v) is 1.51. The molecule has 88 valence electrons. The minimum atomic E-state index is -4.34. The molecule has 1 atom stereocenters. The van der Waals surface area contributed by atoms with Crippen LogP contribution in [0.5, 0.6) is 0 Å². The molecule has 0 aromatic heterocycles.